The van der Waals surface area contributed by atoms with Crippen molar-refractivity contribution in [1.82, 2.24) is 5.32 Å². The quantitative estimate of drug-likeness (QED) is 0.686. The molecule has 76 valence electrons. The molecule has 4 heteroatoms. The normalized spacial score (nSPS) is 21.1. The maximum Gasteiger partial charge on any atom is 0.0771 e. The molecule has 0 fully saturated rings. The molecular formula is C10H16N4. The number of rotatable bonds is 3. The first-order valence-electron chi connectivity index (χ1n) is 4.77. The van der Waals surface area contributed by atoms with E-state index in [1.807, 2.05) is 6.20 Å². The molecule has 14 heavy (non-hydrogen) atoms. The van der Waals surface area contributed by atoms with E-state index in [1.165, 1.54) is 0 Å². The lowest BCUT2D eigenvalue weighted by Crippen LogP contribution is -2.14. The van der Waals surface area contributed by atoms with Crippen molar-refractivity contribution in [1.29, 1.82) is 0 Å². The Kier molecular flexibility index (Phi) is 4.04. The number of hydrogen-bond acceptors (Lipinski definition) is 4. The van der Waals surface area contributed by atoms with E-state index in [9.17, 15) is 0 Å². The van der Waals surface area contributed by atoms with Gasteiger partial charge in [-0.25, -0.2) is 0 Å². The van der Waals surface area contributed by atoms with Crippen LogP contribution in [0.2, 0.25) is 0 Å². The van der Waals surface area contributed by atoms with Gasteiger partial charge in [-0.15, -0.1) is 0 Å². The van der Waals surface area contributed by atoms with Crippen LogP contribution in [-0.4, -0.2) is 13.3 Å². The van der Waals surface area contributed by atoms with E-state index in [4.69, 9.17) is 0 Å². The van der Waals surface area contributed by atoms with Crippen LogP contribution in [0.25, 0.3) is 0 Å². The van der Waals surface area contributed by atoms with E-state index >= 15 is 0 Å². The third-order valence-electron chi connectivity index (χ3n) is 2.17. The van der Waals surface area contributed by atoms with E-state index in [0.29, 0.717) is 5.92 Å². The molecule has 0 saturated heterocycles. The highest BCUT2D eigenvalue weighted by molar-refractivity contribution is 5.80. The Morgan fingerprint density at radius 1 is 1.64 bits per heavy atom. The van der Waals surface area contributed by atoms with E-state index < -0.39 is 0 Å². The van der Waals surface area contributed by atoms with E-state index in [0.717, 1.165) is 17.8 Å². The Morgan fingerprint density at radius 3 is 2.93 bits per heavy atom. The molecular weight excluding hydrogens is 176 g/mol. The minimum absolute atomic E-state index is 0.494. The first-order chi connectivity index (χ1) is 6.77. The third-order valence-corrected chi connectivity index (χ3v) is 2.17. The molecule has 0 aromatic heterocycles. The molecule has 1 rings (SSSR count). The smallest absolute Gasteiger partial charge is 0.0771 e. The molecule has 0 amide bonds. The largest absolute Gasteiger partial charge is 0.357 e. The van der Waals surface area contributed by atoms with Crippen LogP contribution in [0.3, 0.4) is 0 Å². The van der Waals surface area contributed by atoms with Gasteiger partial charge in [0.2, 0.25) is 0 Å². The SMILES string of the molecule is CCC(C)C1=CN/C(=C\N=N/C)C=N1. The van der Waals surface area contributed by atoms with Crippen molar-refractivity contribution in [2.45, 2.75) is 20.3 Å². The van der Waals surface area contributed by atoms with Crippen LogP contribution >= 0.6 is 0 Å². The molecule has 0 aromatic carbocycles. The molecule has 1 unspecified atom stereocenters. The van der Waals surface area contributed by atoms with Crippen molar-refractivity contribution in [2.24, 2.45) is 21.1 Å². The fraction of sp³-hybridized carbons (Fsp3) is 0.500. The summed E-state index contributed by atoms with van der Waals surface area (Å²) in [5.41, 5.74) is 1.95. The summed E-state index contributed by atoms with van der Waals surface area (Å²) in [6.07, 6.45) is 6.44. The average molecular weight is 192 g/mol. The minimum atomic E-state index is 0.494. The number of nitrogens with one attached hydrogen (secondary N) is 1. The van der Waals surface area contributed by atoms with Gasteiger partial charge >= 0.3 is 0 Å². The van der Waals surface area contributed by atoms with Gasteiger partial charge in [0.15, 0.2) is 0 Å². The average Bonchev–Trinajstić information content (AvgIpc) is 2.26. The van der Waals surface area contributed by atoms with Crippen LogP contribution < -0.4 is 5.32 Å². The summed E-state index contributed by atoms with van der Waals surface area (Å²) in [4.78, 5) is 4.34. The zero-order valence-electron chi connectivity index (χ0n) is 8.86. The van der Waals surface area contributed by atoms with Crippen LogP contribution in [0.15, 0.2) is 39.0 Å². The molecule has 0 radical (unpaired) electrons. The van der Waals surface area contributed by atoms with Crippen LogP contribution in [0.5, 0.6) is 0 Å². The Labute approximate surface area is 84.5 Å². The second-order valence-electron chi connectivity index (χ2n) is 3.18. The van der Waals surface area contributed by atoms with Gasteiger partial charge in [0.1, 0.15) is 0 Å². The highest BCUT2D eigenvalue weighted by Gasteiger charge is 2.07. The second-order valence-corrected chi connectivity index (χ2v) is 3.18. The molecule has 4 nitrogen and oxygen atoms in total. The van der Waals surface area contributed by atoms with Crippen molar-refractivity contribution in [3.05, 3.63) is 23.8 Å². The Hall–Kier alpha value is -1.45. The van der Waals surface area contributed by atoms with E-state index in [1.54, 1.807) is 19.5 Å². The highest BCUT2D eigenvalue weighted by Crippen LogP contribution is 2.16. The van der Waals surface area contributed by atoms with Crippen LogP contribution in [0, 0.1) is 5.92 Å². The second kappa shape index (κ2) is 5.32. The fourth-order valence-electron chi connectivity index (χ4n) is 1.05. The van der Waals surface area contributed by atoms with E-state index in [2.05, 4.69) is 34.4 Å². The van der Waals surface area contributed by atoms with Crippen molar-refractivity contribution < 1.29 is 0 Å². The molecule has 1 N–H and O–H groups in total. The summed E-state index contributed by atoms with van der Waals surface area (Å²) in [5.74, 6) is 0.494. The standard InChI is InChI=1S/C10H16N4/c1-4-8(2)10-7-12-9(5-13-10)6-14-11-3/h5-8,12H,4H2,1-3H3/b9-6-,14-11-. The minimum Gasteiger partial charge on any atom is -0.357 e. The monoisotopic (exact) mass is 192 g/mol. The molecule has 1 aliphatic heterocycles. The molecule has 1 aliphatic rings. The predicted octanol–water partition coefficient (Wildman–Crippen LogP) is 2.47. The van der Waals surface area contributed by atoms with Gasteiger partial charge in [-0.05, 0) is 12.3 Å². The first kappa shape index (κ1) is 10.6. The topological polar surface area (TPSA) is 49.1 Å². The van der Waals surface area contributed by atoms with Crippen molar-refractivity contribution in [3.8, 4) is 0 Å². The van der Waals surface area contributed by atoms with E-state index in [-0.39, 0.29) is 0 Å². The van der Waals surface area contributed by atoms with Gasteiger partial charge in [-0.1, -0.05) is 13.8 Å². The summed E-state index contributed by atoms with van der Waals surface area (Å²) in [7, 11) is 1.64. The Balaban J connectivity index is 2.61. The highest BCUT2D eigenvalue weighted by atomic mass is 15.1. The number of nitrogens with zero attached hydrogens (tertiary/aromatic N) is 3. The lowest BCUT2D eigenvalue weighted by atomic mass is 10.1. The summed E-state index contributed by atoms with van der Waals surface area (Å²) in [6, 6.07) is 0. The number of azo groups is 1. The summed E-state index contributed by atoms with van der Waals surface area (Å²) >= 11 is 0. The Morgan fingerprint density at radius 2 is 2.43 bits per heavy atom. The molecule has 0 saturated carbocycles. The predicted molar refractivity (Wildman–Crippen MR) is 58.0 cm³/mol. The number of allylic oxidation sites excluding steroid dienone is 2. The van der Waals surface area contributed by atoms with Crippen molar-refractivity contribution in [2.75, 3.05) is 7.05 Å². The Bertz CT molecular complexity index is 299. The van der Waals surface area contributed by atoms with Gasteiger partial charge in [-0.3, -0.25) is 4.99 Å². The molecule has 0 bridgehead atoms. The van der Waals surface area contributed by atoms with Gasteiger partial charge in [0.05, 0.1) is 23.8 Å². The zero-order chi connectivity index (χ0) is 10.4. The van der Waals surface area contributed by atoms with Crippen molar-refractivity contribution >= 4 is 6.21 Å². The lowest BCUT2D eigenvalue weighted by Gasteiger charge is -2.14. The summed E-state index contributed by atoms with van der Waals surface area (Å²) in [6.45, 7) is 4.31. The maximum absolute atomic E-state index is 4.34. The van der Waals surface area contributed by atoms with Crippen LogP contribution in [0.4, 0.5) is 0 Å². The maximum atomic E-state index is 4.34. The van der Waals surface area contributed by atoms with Crippen molar-refractivity contribution in [3.63, 3.8) is 0 Å². The molecule has 0 aromatic rings. The lowest BCUT2D eigenvalue weighted by molar-refractivity contribution is 0.641. The molecule has 0 spiro atoms. The number of hydrogen-bond donors (Lipinski definition) is 1. The molecule has 1 atom stereocenters. The van der Waals surface area contributed by atoms with Gasteiger partial charge in [0.25, 0.3) is 0 Å². The fourth-order valence-corrected chi connectivity index (χ4v) is 1.05. The number of aliphatic imine (C=N–C) groups is 1. The summed E-state index contributed by atoms with van der Waals surface area (Å²) < 4.78 is 0. The molecule has 1 heterocycles. The first-order valence-corrected chi connectivity index (χ1v) is 4.77. The van der Waals surface area contributed by atoms with Gasteiger partial charge in [-0.2, -0.15) is 10.2 Å². The van der Waals surface area contributed by atoms with Gasteiger partial charge < -0.3 is 5.32 Å². The van der Waals surface area contributed by atoms with Crippen LogP contribution in [-0.2, 0) is 0 Å². The third kappa shape index (κ3) is 2.80. The summed E-state index contributed by atoms with van der Waals surface area (Å²) in [5, 5.41) is 10.5. The zero-order valence-corrected chi connectivity index (χ0v) is 8.86. The van der Waals surface area contributed by atoms with Crippen LogP contribution in [0.1, 0.15) is 20.3 Å². The molecule has 0 aliphatic carbocycles. The van der Waals surface area contributed by atoms with Gasteiger partial charge in [0, 0.05) is 13.2 Å².